The summed E-state index contributed by atoms with van der Waals surface area (Å²) in [5.74, 6) is -0.0869. The predicted molar refractivity (Wildman–Crippen MR) is 71.7 cm³/mol. The Morgan fingerprint density at radius 2 is 2.18 bits per heavy atom. The van der Waals surface area contributed by atoms with Gasteiger partial charge in [0.25, 0.3) is 5.91 Å². The molecule has 1 unspecified atom stereocenters. The largest absolute Gasteiger partial charge is 0.394 e. The van der Waals surface area contributed by atoms with Crippen molar-refractivity contribution in [2.45, 2.75) is 46.1 Å². The highest BCUT2D eigenvalue weighted by molar-refractivity contribution is 7.14. The highest BCUT2D eigenvalue weighted by Gasteiger charge is 2.24. The van der Waals surface area contributed by atoms with Crippen LogP contribution in [0.15, 0.2) is 6.07 Å². The minimum Gasteiger partial charge on any atom is -0.394 e. The van der Waals surface area contributed by atoms with Crippen molar-refractivity contribution in [3.8, 4) is 0 Å². The van der Waals surface area contributed by atoms with Gasteiger partial charge in [0.1, 0.15) is 0 Å². The number of rotatable bonds is 5. The Kier molecular flexibility index (Phi) is 4.71. The van der Waals surface area contributed by atoms with Gasteiger partial charge in [0.2, 0.25) is 0 Å². The van der Waals surface area contributed by atoms with E-state index in [1.807, 2.05) is 26.8 Å². The van der Waals surface area contributed by atoms with Crippen LogP contribution < -0.4 is 5.32 Å². The third kappa shape index (κ3) is 3.30. The van der Waals surface area contributed by atoms with Crippen LogP contribution in [0.5, 0.6) is 0 Å². The molecule has 1 atom stereocenters. The lowest BCUT2D eigenvalue weighted by molar-refractivity contribution is 0.0851. The highest BCUT2D eigenvalue weighted by Crippen LogP contribution is 2.23. The molecule has 96 valence electrons. The van der Waals surface area contributed by atoms with Gasteiger partial charge in [0.15, 0.2) is 0 Å². The third-order valence-corrected chi connectivity index (χ3v) is 4.49. The molecule has 0 saturated heterocycles. The molecule has 1 amide bonds. The van der Waals surface area contributed by atoms with Gasteiger partial charge in [-0.15, -0.1) is 11.3 Å². The van der Waals surface area contributed by atoms with Crippen molar-refractivity contribution in [3.63, 3.8) is 0 Å². The molecule has 1 rings (SSSR count). The molecule has 1 aromatic rings. The maximum Gasteiger partial charge on any atom is 0.261 e. The fraction of sp³-hybridized carbons (Fsp3) is 0.615. The summed E-state index contributed by atoms with van der Waals surface area (Å²) in [5.41, 5.74) is 0.645. The molecule has 4 heteroatoms. The molecular weight excluding hydrogens is 234 g/mol. The molecule has 0 bridgehead atoms. The van der Waals surface area contributed by atoms with Crippen LogP contribution in [0.3, 0.4) is 0 Å². The lowest BCUT2D eigenvalue weighted by Gasteiger charge is -2.26. The maximum absolute atomic E-state index is 12.0. The molecule has 0 aliphatic rings. The molecular formula is C13H21NO2S. The molecule has 3 nitrogen and oxygen atoms in total. The lowest BCUT2D eigenvalue weighted by atomic mass is 10.0. The van der Waals surface area contributed by atoms with Gasteiger partial charge in [0, 0.05) is 4.88 Å². The van der Waals surface area contributed by atoms with Gasteiger partial charge < -0.3 is 10.4 Å². The zero-order valence-corrected chi connectivity index (χ0v) is 11.8. The summed E-state index contributed by atoms with van der Waals surface area (Å²) in [6.07, 6.45) is 1.66. The molecule has 0 aromatic carbocycles. The van der Waals surface area contributed by atoms with Crippen LogP contribution in [0.1, 0.15) is 47.3 Å². The normalized spacial score (nSPS) is 14.4. The summed E-state index contributed by atoms with van der Waals surface area (Å²) in [6.45, 7) is 7.88. The van der Waals surface area contributed by atoms with E-state index in [1.165, 1.54) is 21.8 Å². The van der Waals surface area contributed by atoms with Gasteiger partial charge in [-0.1, -0.05) is 13.8 Å². The number of thiophene rings is 1. The zero-order valence-electron chi connectivity index (χ0n) is 11.0. The second-order valence-corrected chi connectivity index (χ2v) is 5.73. The number of carbonyl (C=O) groups excluding carboxylic acids is 1. The van der Waals surface area contributed by atoms with Gasteiger partial charge in [-0.25, -0.2) is 0 Å². The van der Waals surface area contributed by atoms with Crippen molar-refractivity contribution < 1.29 is 9.90 Å². The van der Waals surface area contributed by atoms with Crippen LogP contribution in [0.25, 0.3) is 0 Å². The van der Waals surface area contributed by atoms with E-state index < -0.39 is 5.54 Å². The Balaban J connectivity index is 2.83. The average molecular weight is 255 g/mol. The summed E-state index contributed by atoms with van der Waals surface area (Å²) < 4.78 is 0. The first-order valence-corrected chi connectivity index (χ1v) is 6.80. The van der Waals surface area contributed by atoms with Gasteiger partial charge in [-0.3, -0.25) is 4.79 Å². The summed E-state index contributed by atoms with van der Waals surface area (Å²) in [4.78, 5) is 14.0. The van der Waals surface area contributed by atoms with Gasteiger partial charge in [-0.2, -0.15) is 0 Å². The van der Waals surface area contributed by atoms with Crippen molar-refractivity contribution in [2.75, 3.05) is 6.61 Å². The highest BCUT2D eigenvalue weighted by atomic mass is 32.1. The van der Waals surface area contributed by atoms with Crippen LogP contribution in [-0.2, 0) is 6.42 Å². The lowest BCUT2D eigenvalue weighted by Crippen LogP contribution is -2.48. The number of amides is 1. The number of carbonyl (C=O) groups is 1. The van der Waals surface area contributed by atoms with E-state index in [-0.39, 0.29) is 12.5 Å². The molecule has 0 fully saturated rings. The Bertz CT molecular complexity index is 394. The molecule has 0 aliphatic heterocycles. The van der Waals surface area contributed by atoms with Crippen molar-refractivity contribution in [3.05, 3.63) is 21.4 Å². The van der Waals surface area contributed by atoms with E-state index >= 15 is 0 Å². The molecule has 1 aromatic heterocycles. The first-order chi connectivity index (χ1) is 7.95. The van der Waals surface area contributed by atoms with Gasteiger partial charge in [-0.05, 0) is 38.3 Å². The van der Waals surface area contributed by atoms with E-state index in [0.29, 0.717) is 6.42 Å². The fourth-order valence-corrected chi connectivity index (χ4v) is 2.57. The average Bonchev–Trinajstić information content (AvgIpc) is 2.70. The summed E-state index contributed by atoms with van der Waals surface area (Å²) in [5, 5.41) is 12.2. The monoisotopic (exact) mass is 255 g/mol. The molecule has 17 heavy (non-hydrogen) atoms. The van der Waals surface area contributed by atoms with E-state index in [1.54, 1.807) is 0 Å². The number of hydrogen-bond donors (Lipinski definition) is 2. The van der Waals surface area contributed by atoms with E-state index in [4.69, 9.17) is 0 Å². The minimum absolute atomic E-state index is 0.0414. The van der Waals surface area contributed by atoms with E-state index in [9.17, 15) is 9.90 Å². The Hall–Kier alpha value is -0.870. The zero-order chi connectivity index (χ0) is 13.1. The van der Waals surface area contributed by atoms with Crippen molar-refractivity contribution in [2.24, 2.45) is 0 Å². The van der Waals surface area contributed by atoms with E-state index in [0.717, 1.165) is 11.3 Å². The van der Waals surface area contributed by atoms with Crippen LogP contribution >= 0.6 is 11.3 Å². The first kappa shape index (κ1) is 14.2. The second-order valence-electron chi connectivity index (χ2n) is 4.60. The molecule has 2 N–H and O–H groups in total. The van der Waals surface area contributed by atoms with Crippen LogP contribution in [0, 0.1) is 6.92 Å². The summed E-state index contributed by atoms with van der Waals surface area (Å²) in [6, 6.07) is 1.92. The predicted octanol–water partition coefficient (Wildman–Crippen LogP) is 2.51. The molecule has 1 heterocycles. The summed E-state index contributed by atoms with van der Waals surface area (Å²) >= 11 is 1.54. The fourth-order valence-electron chi connectivity index (χ4n) is 1.56. The first-order valence-electron chi connectivity index (χ1n) is 5.98. The molecule has 0 radical (unpaired) electrons. The minimum atomic E-state index is -0.526. The topological polar surface area (TPSA) is 49.3 Å². The van der Waals surface area contributed by atoms with Crippen molar-refractivity contribution >= 4 is 17.2 Å². The van der Waals surface area contributed by atoms with Gasteiger partial charge >= 0.3 is 0 Å². The number of aliphatic hydroxyl groups is 1. The van der Waals surface area contributed by atoms with Crippen molar-refractivity contribution in [1.29, 1.82) is 0 Å². The molecule has 0 saturated carbocycles. The summed E-state index contributed by atoms with van der Waals surface area (Å²) in [7, 11) is 0. The van der Waals surface area contributed by atoms with Crippen molar-refractivity contribution in [1.82, 2.24) is 5.32 Å². The van der Waals surface area contributed by atoms with Gasteiger partial charge in [0.05, 0.1) is 17.0 Å². The van der Waals surface area contributed by atoms with E-state index in [2.05, 4.69) is 12.2 Å². The number of nitrogens with one attached hydrogen (secondary N) is 1. The smallest absolute Gasteiger partial charge is 0.261 e. The number of aliphatic hydroxyl groups excluding tert-OH is 1. The SMILES string of the molecule is CCc1sc(C(=O)NC(C)(CC)CO)cc1C. The maximum atomic E-state index is 12.0. The van der Waals surface area contributed by atoms with Crippen LogP contribution in [0.4, 0.5) is 0 Å². The standard InChI is InChI=1S/C13H21NO2S/c1-5-10-9(3)7-11(17-10)12(16)14-13(4,6-2)8-15/h7,15H,5-6,8H2,1-4H3,(H,14,16). The quantitative estimate of drug-likeness (QED) is 0.849. The Labute approximate surface area is 107 Å². The number of hydrogen-bond acceptors (Lipinski definition) is 3. The Morgan fingerprint density at radius 3 is 2.59 bits per heavy atom. The number of aryl methyl sites for hydroxylation is 2. The second kappa shape index (κ2) is 5.65. The van der Waals surface area contributed by atoms with Crippen LogP contribution in [0.2, 0.25) is 0 Å². The Morgan fingerprint density at radius 1 is 1.53 bits per heavy atom. The molecule has 0 aliphatic carbocycles. The van der Waals surface area contributed by atoms with Crippen LogP contribution in [-0.4, -0.2) is 23.2 Å². The molecule has 0 spiro atoms. The third-order valence-electron chi connectivity index (χ3n) is 3.11.